The topological polar surface area (TPSA) is 75.5 Å². The van der Waals surface area contributed by atoms with E-state index >= 15 is 0 Å². The van der Waals surface area contributed by atoms with Gasteiger partial charge in [0.25, 0.3) is 5.69 Å². The Hall–Kier alpha value is -1.63. The van der Waals surface area contributed by atoms with E-state index in [0.29, 0.717) is 10.2 Å². The van der Waals surface area contributed by atoms with Crippen LogP contribution in [0, 0.1) is 10.1 Å². The number of nitrogens with zero attached hydrogens (tertiary/aromatic N) is 2. The Morgan fingerprint density at radius 1 is 1.50 bits per heavy atom. The van der Waals surface area contributed by atoms with Gasteiger partial charge in [0, 0.05) is 30.7 Å². The number of anilines is 1. The number of urea groups is 1. The summed E-state index contributed by atoms with van der Waals surface area (Å²) in [7, 11) is 3.21. The first-order valence-corrected chi connectivity index (χ1v) is 5.13. The van der Waals surface area contributed by atoms with E-state index < -0.39 is 4.92 Å². The van der Waals surface area contributed by atoms with Crippen molar-refractivity contribution in [3.63, 3.8) is 0 Å². The molecule has 0 aliphatic carbocycles. The molecule has 6 nitrogen and oxygen atoms in total. The number of nitro benzene ring substituents is 1. The quantitative estimate of drug-likeness (QED) is 0.671. The standard InChI is InChI=1S/C9H10BrN3O3/c1-12(2)9(14)11-8-4-3-6(13(15)16)5-7(8)10/h3-5H,1-2H3,(H,11,14). The van der Waals surface area contributed by atoms with Crippen LogP contribution in [0.15, 0.2) is 22.7 Å². The van der Waals surface area contributed by atoms with Crippen molar-refractivity contribution in [2.45, 2.75) is 0 Å². The highest BCUT2D eigenvalue weighted by molar-refractivity contribution is 9.10. The molecular weight excluding hydrogens is 278 g/mol. The molecule has 0 aliphatic rings. The second kappa shape index (κ2) is 4.93. The van der Waals surface area contributed by atoms with Crippen molar-refractivity contribution in [3.05, 3.63) is 32.8 Å². The van der Waals surface area contributed by atoms with Crippen LogP contribution >= 0.6 is 15.9 Å². The predicted molar refractivity (Wildman–Crippen MR) is 63.5 cm³/mol. The number of rotatable bonds is 2. The molecule has 0 heterocycles. The van der Waals surface area contributed by atoms with Gasteiger partial charge < -0.3 is 10.2 Å². The molecule has 7 heteroatoms. The second-order valence-electron chi connectivity index (χ2n) is 3.25. The summed E-state index contributed by atoms with van der Waals surface area (Å²) in [4.78, 5) is 22.7. The predicted octanol–water partition coefficient (Wildman–Crippen LogP) is 2.45. The summed E-state index contributed by atoms with van der Waals surface area (Å²) in [5, 5.41) is 13.1. The molecule has 1 aromatic rings. The number of nitrogens with one attached hydrogen (secondary N) is 1. The van der Waals surface area contributed by atoms with Crippen LogP contribution < -0.4 is 5.32 Å². The lowest BCUT2D eigenvalue weighted by atomic mass is 10.3. The average molecular weight is 288 g/mol. The zero-order valence-electron chi connectivity index (χ0n) is 8.73. The number of carbonyl (C=O) groups excluding carboxylic acids is 1. The maximum atomic E-state index is 11.3. The normalized spacial score (nSPS) is 9.69. The van der Waals surface area contributed by atoms with Gasteiger partial charge >= 0.3 is 6.03 Å². The Bertz CT molecular complexity index is 434. The summed E-state index contributed by atoms with van der Waals surface area (Å²) in [5.41, 5.74) is 0.457. The smallest absolute Gasteiger partial charge is 0.321 e. The van der Waals surface area contributed by atoms with Gasteiger partial charge in [-0.05, 0) is 22.0 Å². The third-order valence-corrected chi connectivity index (χ3v) is 2.47. The molecule has 0 radical (unpaired) electrons. The summed E-state index contributed by atoms with van der Waals surface area (Å²) in [6.45, 7) is 0. The maximum Gasteiger partial charge on any atom is 0.321 e. The number of nitro groups is 1. The molecule has 1 rings (SSSR count). The molecule has 0 fully saturated rings. The highest BCUT2D eigenvalue weighted by Gasteiger charge is 2.11. The minimum atomic E-state index is -0.498. The van der Waals surface area contributed by atoms with Crippen LogP contribution in [-0.4, -0.2) is 29.9 Å². The largest absolute Gasteiger partial charge is 0.331 e. The van der Waals surface area contributed by atoms with Crippen molar-refractivity contribution in [1.29, 1.82) is 0 Å². The highest BCUT2D eigenvalue weighted by Crippen LogP contribution is 2.27. The van der Waals surface area contributed by atoms with Crippen LogP contribution in [0.2, 0.25) is 0 Å². The van der Waals surface area contributed by atoms with Crippen LogP contribution in [0.25, 0.3) is 0 Å². The van der Waals surface area contributed by atoms with E-state index in [-0.39, 0.29) is 11.7 Å². The molecule has 86 valence electrons. The molecule has 0 saturated heterocycles. The molecule has 0 unspecified atom stereocenters. The molecule has 0 aromatic heterocycles. The number of halogens is 1. The highest BCUT2D eigenvalue weighted by atomic mass is 79.9. The van der Waals surface area contributed by atoms with Gasteiger partial charge in [0.1, 0.15) is 0 Å². The third kappa shape index (κ3) is 2.93. The molecule has 0 aliphatic heterocycles. The molecule has 1 aromatic carbocycles. The molecule has 0 spiro atoms. The van der Waals surface area contributed by atoms with Gasteiger partial charge in [0.15, 0.2) is 0 Å². The number of carbonyl (C=O) groups is 1. The van der Waals surface area contributed by atoms with Gasteiger partial charge in [0.05, 0.1) is 10.6 Å². The zero-order valence-corrected chi connectivity index (χ0v) is 10.3. The molecule has 0 saturated carbocycles. The lowest BCUT2D eigenvalue weighted by molar-refractivity contribution is -0.384. The van der Waals surface area contributed by atoms with Gasteiger partial charge in [0.2, 0.25) is 0 Å². The Morgan fingerprint density at radius 2 is 2.12 bits per heavy atom. The second-order valence-corrected chi connectivity index (χ2v) is 4.10. The Kier molecular flexibility index (Phi) is 3.83. The van der Waals surface area contributed by atoms with Gasteiger partial charge in [-0.15, -0.1) is 0 Å². The van der Waals surface area contributed by atoms with Crippen LogP contribution in [0.4, 0.5) is 16.2 Å². The van der Waals surface area contributed by atoms with E-state index in [4.69, 9.17) is 0 Å². The van der Waals surface area contributed by atoms with Crippen LogP contribution in [-0.2, 0) is 0 Å². The first kappa shape index (κ1) is 12.4. The van der Waals surface area contributed by atoms with Crippen LogP contribution in [0.5, 0.6) is 0 Å². The van der Waals surface area contributed by atoms with Crippen molar-refractivity contribution in [1.82, 2.24) is 4.90 Å². The van der Waals surface area contributed by atoms with Gasteiger partial charge in [-0.1, -0.05) is 0 Å². The first-order valence-electron chi connectivity index (χ1n) is 4.34. The molecule has 1 N–H and O–H groups in total. The van der Waals surface area contributed by atoms with Crippen molar-refractivity contribution < 1.29 is 9.72 Å². The van der Waals surface area contributed by atoms with Gasteiger partial charge in [-0.2, -0.15) is 0 Å². The van der Waals surface area contributed by atoms with E-state index in [0.717, 1.165) is 0 Å². The Morgan fingerprint density at radius 3 is 2.56 bits per heavy atom. The molecule has 0 atom stereocenters. The summed E-state index contributed by atoms with van der Waals surface area (Å²) >= 11 is 3.16. The van der Waals surface area contributed by atoms with Crippen molar-refractivity contribution in [3.8, 4) is 0 Å². The lowest BCUT2D eigenvalue weighted by Gasteiger charge is -2.12. The monoisotopic (exact) mass is 287 g/mol. The van der Waals surface area contributed by atoms with Gasteiger partial charge in [-0.3, -0.25) is 10.1 Å². The summed E-state index contributed by atoms with van der Waals surface area (Å²) < 4.78 is 0.469. The zero-order chi connectivity index (χ0) is 12.3. The maximum absolute atomic E-state index is 11.3. The summed E-state index contributed by atoms with van der Waals surface area (Å²) in [6, 6.07) is 3.85. The lowest BCUT2D eigenvalue weighted by Crippen LogP contribution is -2.27. The molecule has 2 amide bonds. The van der Waals surface area contributed by atoms with Crippen LogP contribution in [0.1, 0.15) is 0 Å². The van der Waals surface area contributed by atoms with E-state index in [1.807, 2.05) is 0 Å². The Labute approximate surface area is 101 Å². The van der Waals surface area contributed by atoms with Crippen molar-refractivity contribution >= 4 is 33.3 Å². The first-order chi connectivity index (χ1) is 7.41. The van der Waals surface area contributed by atoms with E-state index in [1.54, 1.807) is 14.1 Å². The molecular formula is C9H10BrN3O3. The molecule has 16 heavy (non-hydrogen) atoms. The summed E-state index contributed by atoms with van der Waals surface area (Å²) in [6.07, 6.45) is 0. The molecule has 0 bridgehead atoms. The van der Waals surface area contributed by atoms with Crippen molar-refractivity contribution in [2.75, 3.05) is 19.4 Å². The van der Waals surface area contributed by atoms with Gasteiger partial charge in [-0.25, -0.2) is 4.79 Å². The van der Waals surface area contributed by atoms with Crippen LogP contribution in [0.3, 0.4) is 0 Å². The third-order valence-electron chi connectivity index (χ3n) is 1.81. The number of amides is 2. The fraction of sp³-hybridized carbons (Fsp3) is 0.222. The minimum absolute atomic E-state index is 0.0327. The summed E-state index contributed by atoms with van der Waals surface area (Å²) in [5.74, 6) is 0. The van der Waals surface area contributed by atoms with E-state index in [2.05, 4.69) is 21.2 Å². The fourth-order valence-corrected chi connectivity index (χ4v) is 1.41. The van der Waals surface area contributed by atoms with Crippen molar-refractivity contribution in [2.24, 2.45) is 0 Å². The SMILES string of the molecule is CN(C)C(=O)Nc1ccc([N+](=O)[O-])cc1Br. The number of benzene rings is 1. The number of non-ortho nitro benzene ring substituents is 1. The fourth-order valence-electron chi connectivity index (χ4n) is 0.946. The van der Waals surface area contributed by atoms with E-state index in [1.165, 1.54) is 23.1 Å². The number of hydrogen-bond donors (Lipinski definition) is 1. The number of hydrogen-bond acceptors (Lipinski definition) is 3. The Balaban J connectivity index is 2.91. The average Bonchev–Trinajstić information content (AvgIpc) is 2.20. The van der Waals surface area contributed by atoms with E-state index in [9.17, 15) is 14.9 Å². The minimum Gasteiger partial charge on any atom is -0.331 e.